The molecule has 1 N–H and O–H groups in total. The molecule has 1 aromatic heterocycles. The number of imidazole rings is 1. The SMILES string of the molecule is CCOC(=O)c1ccc2c(c1)nc(SCC(=O)N1CCNC1=O)n2CC. The fourth-order valence-corrected chi connectivity index (χ4v) is 3.73. The van der Waals surface area contributed by atoms with Crippen LogP contribution in [-0.4, -0.2) is 57.8 Å². The zero-order valence-corrected chi connectivity index (χ0v) is 15.5. The van der Waals surface area contributed by atoms with Gasteiger partial charge in [-0.2, -0.15) is 0 Å². The quantitative estimate of drug-likeness (QED) is 0.611. The van der Waals surface area contributed by atoms with Crippen LogP contribution >= 0.6 is 11.8 Å². The van der Waals surface area contributed by atoms with Crippen molar-refractivity contribution in [2.45, 2.75) is 25.5 Å². The Morgan fingerprint density at radius 2 is 2.15 bits per heavy atom. The number of hydrogen-bond acceptors (Lipinski definition) is 6. The first-order valence-corrected chi connectivity index (χ1v) is 9.42. The normalized spacial score (nSPS) is 13.9. The Bertz CT molecular complexity index is 864. The van der Waals surface area contributed by atoms with Gasteiger partial charge in [0.15, 0.2) is 5.16 Å². The molecule has 1 saturated heterocycles. The van der Waals surface area contributed by atoms with Crippen molar-refractivity contribution in [3.63, 3.8) is 0 Å². The van der Waals surface area contributed by atoms with Crippen molar-refractivity contribution in [1.82, 2.24) is 19.8 Å². The first-order valence-electron chi connectivity index (χ1n) is 8.43. The first kappa shape index (κ1) is 18.2. The number of rotatable bonds is 6. The van der Waals surface area contributed by atoms with Gasteiger partial charge in [-0.05, 0) is 32.0 Å². The number of urea groups is 1. The Labute approximate surface area is 154 Å². The maximum absolute atomic E-state index is 12.2. The Morgan fingerprint density at radius 3 is 2.81 bits per heavy atom. The van der Waals surface area contributed by atoms with E-state index in [1.807, 2.05) is 17.6 Å². The summed E-state index contributed by atoms with van der Waals surface area (Å²) in [6.45, 7) is 5.61. The molecule has 3 amide bonds. The summed E-state index contributed by atoms with van der Waals surface area (Å²) >= 11 is 1.28. The van der Waals surface area contributed by atoms with Gasteiger partial charge in [0.2, 0.25) is 5.91 Å². The second-order valence-electron chi connectivity index (χ2n) is 5.63. The maximum atomic E-state index is 12.2. The van der Waals surface area contributed by atoms with Crippen LogP contribution in [0.1, 0.15) is 24.2 Å². The van der Waals surface area contributed by atoms with Crippen molar-refractivity contribution in [2.75, 3.05) is 25.4 Å². The lowest BCUT2D eigenvalue weighted by Gasteiger charge is -2.11. The molecule has 0 atom stereocenters. The molecule has 138 valence electrons. The fourth-order valence-electron chi connectivity index (χ4n) is 2.78. The van der Waals surface area contributed by atoms with Crippen molar-refractivity contribution in [3.8, 4) is 0 Å². The number of hydrogen-bond donors (Lipinski definition) is 1. The van der Waals surface area contributed by atoms with Gasteiger partial charge in [-0.25, -0.2) is 14.6 Å². The summed E-state index contributed by atoms with van der Waals surface area (Å²) < 4.78 is 7.00. The zero-order chi connectivity index (χ0) is 18.7. The van der Waals surface area contributed by atoms with E-state index in [2.05, 4.69) is 10.3 Å². The molecule has 2 aromatic rings. The Kier molecular flexibility index (Phi) is 5.46. The molecule has 3 rings (SSSR count). The molecule has 1 fully saturated rings. The highest BCUT2D eigenvalue weighted by molar-refractivity contribution is 7.99. The van der Waals surface area contributed by atoms with Crippen LogP contribution in [0.3, 0.4) is 0 Å². The summed E-state index contributed by atoms with van der Waals surface area (Å²) in [7, 11) is 0. The highest BCUT2D eigenvalue weighted by Crippen LogP contribution is 2.25. The van der Waals surface area contributed by atoms with Crippen LogP contribution in [0.25, 0.3) is 11.0 Å². The summed E-state index contributed by atoms with van der Waals surface area (Å²) in [5, 5.41) is 3.29. The Morgan fingerprint density at radius 1 is 1.35 bits per heavy atom. The number of thioether (sulfide) groups is 1. The van der Waals surface area contributed by atoms with Gasteiger partial charge in [-0.3, -0.25) is 9.69 Å². The van der Waals surface area contributed by atoms with E-state index in [0.717, 1.165) is 5.52 Å². The number of nitrogens with one attached hydrogen (secondary N) is 1. The number of ether oxygens (including phenoxy) is 1. The van der Waals surface area contributed by atoms with E-state index in [9.17, 15) is 14.4 Å². The number of benzene rings is 1. The highest BCUT2D eigenvalue weighted by atomic mass is 32.2. The number of carbonyl (C=O) groups is 3. The molecule has 26 heavy (non-hydrogen) atoms. The smallest absolute Gasteiger partial charge is 0.338 e. The summed E-state index contributed by atoms with van der Waals surface area (Å²) in [6.07, 6.45) is 0. The topological polar surface area (TPSA) is 93.5 Å². The molecule has 0 spiro atoms. The Hall–Kier alpha value is -2.55. The lowest BCUT2D eigenvalue weighted by atomic mass is 10.2. The van der Waals surface area contributed by atoms with Gasteiger partial charge in [-0.1, -0.05) is 11.8 Å². The minimum atomic E-state index is -0.384. The van der Waals surface area contributed by atoms with E-state index in [1.54, 1.807) is 19.1 Å². The number of nitrogens with zero attached hydrogens (tertiary/aromatic N) is 3. The number of carbonyl (C=O) groups excluding carboxylic acids is 3. The third kappa shape index (κ3) is 3.52. The van der Waals surface area contributed by atoms with Crippen LogP contribution < -0.4 is 5.32 Å². The molecule has 0 radical (unpaired) electrons. The molecular formula is C17H20N4O4S. The zero-order valence-electron chi connectivity index (χ0n) is 14.7. The molecule has 8 nitrogen and oxygen atoms in total. The van der Waals surface area contributed by atoms with E-state index in [-0.39, 0.29) is 23.7 Å². The largest absolute Gasteiger partial charge is 0.462 e. The number of esters is 1. The molecule has 0 saturated carbocycles. The van der Waals surface area contributed by atoms with Crippen molar-refractivity contribution in [1.29, 1.82) is 0 Å². The summed E-state index contributed by atoms with van der Waals surface area (Å²) in [6, 6.07) is 4.89. The second-order valence-corrected chi connectivity index (χ2v) is 6.57. The van der Waals surface area contributed by atoms with E-state index in [4.69, 9.17) is 4.74 Å². The minimum absolute atomic E-state index is 0.126. The van der Waals surface area contributed by atoms with Crippen molar-refractivity contribution < 1.29 is 19.1 Å². The summed E-state index contributed by atoms with van der Waals surface area (Å²) in [4.78, 5) is 41.4. The predicted octanol–water partition coefficient (Wildman–Crippen LogP) is 1.88. The first-order chi connectivity index (χ1) is 12.5. The lowest BCUT2D eigenvalue weighted by molar-refractivity contribution is -0.124. The number of aromatic nitrogens is 2. The standard InChI is InChI=1S/C17H20N4O4S/c1-3-20-13-6-5-11(15(23)25-4-2)9-12(13)19-17(20)26-10-14(22)21-8-7-18-16(21)24/h5-6,9H,3-4,7-8,10H2,1-2H3,(H,18,24). The van der Waals surface area contributed by atoms with Gasteiger partial charge >= 0.3 is 12.0 Å². The summed E-state index contributed by atoms with van der Waals surface area (Å²) in [5.74, 6) is -0.502. The highest BCUT2D eigenvalue weighted by Gasteiger charge is 2.26. The maximum Gasteiger partial charge on any atom is 0.338 e. The second kappa shape index (κ2) is 7.77. The number of amides is 3. The van der Waals surface area contributed by atoms with Crippen molar-refractivity contribution in [2.24, 2.45) is 0 Å². The van der Waals surface area contributed by atoms with E-state index in [0.29, 0.717) is 42.5 Å². The Balaban J connectivity index is 1.80. The predicted molar refractivity (Wildman–Crippen MR) is 97.2 cm³/mol. The third-order valence-electron chi connectivity index (χ3n) is 4.02. The van der Waals surface area contributed by atoms with Gasteiger partial charge < -0.3 is 14.6 Å². The van der Waals surface area contributed by atoms with E-state index in [1.165, 1.54) is 16.7 Å². The van der Waals surface area contributed by atoms with Gasteiger partial charge in [0.25, 0.3) is 0 Å². The van der Waals surface area contributed by atoms with Crippen molar-refractivity contribution >= 4 is 40.7 Å². The minimum Gasteiger partial charge on any atom is -0.462 e. The molecule has 9 heteroatoms. The van der Waals surface area contributed by atoms with Crippen LogP contribution in [0.4, 0.5) is 4.79 Å². The van der Waals surface area contributed by atoms with Crippen LogP contribution in [0, 0.1) is 0 Å². The van der Waals surface area contributed by atoms with Gasteiger partial charge in [0.1, 0.15) is 0 Å². The average molecular weight is 376 g/mol. The van der Waals surface area contributed by atoms with Gasteiger partial charge in [0, 0.05) is 19.6 Å². The van der Waals surface area contributed by atoms with Crippen LogP contribution in [-0.2, 0) is 16.1 Å². The third-order valence-corrected chi connectivity index (χ3v) is 4.98. The van der Waals surface area contributed by atoms with E-state index >= 15 is 0 Å². The van der Waals surface area contributed by atoms with Gasteiger partial charge in [-0.15, -0.1) is 0 Å². The van der Waals surface area contributed by atoms with Crippen LogP contribution in [0.15, 0.2) is 23.4 Å². The summed E-state index contributed by atoms with van der Waals surface area (Å²) in [5.41, 5.74) is 2.00. The molecule has 0 bridgehead atoms. The molecule has 1 aromatic carbocycles. The average Bonchev–Trinajstić information content (AvgIpc) is 3.21. The molecule has 2 heterocycles. The number of imide groups is 1. The molecule has 0 unspecified atom stereocenters. The number of aryl methyl sites for hydroxylation is 1. The molecule has 1 aliphatic heterocycles. The fraction of sp³-hybridized carbons (Fsp3) is 0.412. The van der Waals surface area contributed by atoms with Crippen LogP contribution in [0.5, 0.6) is 0 Å². The van der Waals surface area contributed by atoms with Crippen molar-refractivity contribution in [3.05, 3.63) is 23.8 Å². The van der Waals surface area contributed by atoms with E-state index < -0.39 is 0 Å². The number of fused-ring (bicyclic) bond motifs is 1. The molecule has 0 aliphatic carbocycles. The van der Waals surface area contributed by atoms with Crippen LogP contribution in [0.2, 0.25) is 0 Å². The monoisotopic (exact) mass is 376 g/mol. The lowest BCUT2D eigenvalue weighted by Crippen LogP contribution is -2.35. The molecular weight excluding hydrogens is 356 g/mol. The van der Waals surface area contributed by atoms with Gasteiger partial charge in [0.05, 0.1) is 29.0 Å². The molecule has 1 aliphatic rings.